The van der Waals surface area contributed by atoms with Crippen molar-refractivity contribution in [3.8, 4) is 0 Å². The second kappa shape index (κ2) is 7.49. The van der Waals surface area contributed by atoms with E-state index in [1.165, 1.54) is 4.88 Å². The maximum absolute atomic E-state index is 10.2. The Labute approximate surface area is 123 Å². The molecule has 1 fully saturated rings. The molecular formula is C14H23NO4S. The second-order valence-electron chi connectivity index (χ2n) is 5.16. The molecular weight excluding hydrogens is 278 g/mol. The van der Waals surface area contributed by atoms with Crippen molar-refractivity contribution in [1.82, 2.24) is 4.90 Å². The lowest BCUT2D eigenvalue weighted by Crippen LogP contribution is -2.62. The molecule has 1 aliphatic rings. The first kappa shape index (κ1) is 15.9. The molecule has 6 heteroatoms. The number of hydrogen-bond donors (Lipinski definition) is 3. The van der Waals surface area contributed by atoms with Crippen LogP contribution in [-0.4, -0.2) is 71.4 Å². The quantitative estimate of drug-likeness (QED) is 0.695. The number of rotatable bonds is 6. The van der Waals surface area contributed by atoms with Gasteiger partial charge < -0.3 is 20.1 Å². The van der Waals surface area contributed by atoms with Crippen LogP contribution >= 0.6 is 11.3 Å². The monoisotopic (exact) mass is 301 g/mol. The van der Waals surface area contributed by atoms with E-state index in [0.29, 0.717) is 13.0 Å². The summed E-state index contributed by atoms with van der Waals surface area (Å²) >= 11 is 1.71. The highest BCUT2D eigenvalue weighted by molar-refractivity contribution is 7.09. The number of ether oxygens (including phenoxy) is 1. The molecule has 1 aromatic heterocycles. The topological polar surface area (TPSA) is 73.2 Å². The molecule has 4 atom stereocenters. The van der Waals surface area contributed by atoms with Gasteiger partial charge in [-0.15, -0.1) is 11.3 Å². The summed E-state index contributed by atoms with van der Waals surface area (Å²) in [7, 11) is 1.55. The normalized spacial score (nSPS) is 31.6. The van der Waals surface area contributed by atoms with Crippen LogP contribution in [0.3, 0.4) is 0 Å². The van der Waals surface area contributed by atoms with Crippen molar-refractivity contribution < 1.29 is 20.1 Å². The lowest BCUT2D eigenvalue weighted by molar-refractivity contribution is -0.149. The van der Waals surface area contributed by atoms with E-state index in [4.69, 9.17) is 9.84 Å². The molecule has 5 nitrogen and oxygen atoms in total. The largest absolute Gasteiger partial charge is 0.396 e. The van der Waals surface area contributed by atoms with Gasteiger partial charge >= 0.3 is 0 Å². The zero-order valence-corrected chi connectivity index (χ0v) is 12.5. The minimum Gasteiger partial charge on any atom is -0.396 e. The fourth-order valence-corrected chi connectivity index (χ4v) is 3.50. The number of aliphatic hydroxyl groups excluding tert-OH is 3. The van der Waals surface area contributed by atoms with E-state index in [2.05, 4.69) is 11.0 Å². The van der Waals surface area contributed by atoms with Gasteiger partial charge in [0.2, 0.25) is 0 Å². The van der Waals surface area contributed by atoms with Gasteiger partial charge in [0.25, 0.3) is 0 Å². The summed E-state index contributed by atoms with van der Waals surface area (Å²) in [6.07, 6.45) is -0.806. The molecule has 0 spiro atoms. The van der Waals surface area contributed by atoms with Crippen LogP contribution in [0, 0.1) is 0 Å². The smallest absolute Gasteiger partial charge is 0.109 e. The molecule has 0 bridgehead atoms. The molecule has 1 aromatic rings. The van der Waals surface area contributed by atoms with E-state index in [-0.39, 0.29) is 18.8 Å². The second-order valence-corrected chi connectivity index (χ2v) is 6.19. The summed E-state index contributed by atoms with van der Waals surface area (Å²) in [5.41, 5.74) is 0. The summed E-state index contributed by atoms with van der Waals surface area (Å²) in [6, 6.07) is 3.90. The molecule has 2 rings (SSSR count). The predicted octanol–water partition coefficient (Wildman–Crippen LogP) is 0.0940. The molecule has 0 amide bonds. The van der Waals surface area contributed by atoms with Gasteiger partial charge in [-0.2, -0.15) is 0 Å². The van der Waals surface area contributed by atoms with Gasteiger partial charge in [0.15, 0.2) is 0 Å². The summed E-state index contributed by atoms with van der Waals surface area (Å²) in [4.78, 5) is 3.41. The molecule has 0 aliphatic carbocycles. The van der Waals surface area contributed by atoms with Crippen molar-refractivity contribution in [3.05, 3.63) is 22.4 Å². The van der Waals surface area contributed by atoms with Gasteiger partial charge in [-0.3, -0.25) is 4.90 Å². The Bertz CT molecular complexity index is 387. The van der Waals surface area contributed by atoms with E-state index in [1.54, 1.807) is 18.4 Å². The van der Waals surface area contributed by atoms with Crippen LogP contribution in [0.15, 0.2) is 17.5 Å². The van der Waals surface area contributed by atoms with E-state index in [0.717, 1.165) is 13.0 Å². The standard InChI is InChI=1S/C14H23NO4S/c1-19-12-9-15(6-4-10-3-2-8-20-10)11(5-7-16)13(17)14(12)18/h2-3,8,11-14,16-18H,4-7,9H2,1H3/t11-,12+,13-,14-/m1/s1. The van der Waals surface area contributed by atoms with Gasteiger partial charge in [0, 0.05) is 37.7 Å². The van der Waals surface area contributed by atoms with E-state index in [1.807, 2.05) is 11.4 Å². The van der Waals surface area contributed by atoms with Gasteiger partial charge in [0.05, 0.1) is 12.2 Å². The third-order valence-corrected chi connectivity index (χ3v) is 4.90. The molecule has 20 heavy (non-hydrogen) atoms. The maximum Gasteiger partial charge on any atom is 0.109 e. The number of aliphatic hydroxyl groups is 3. The highest BCUT2D eigenvalue weighted by Gasteiger charge is 2.41. The lowest BCUT2D eigenvalue weighted by Gasteiger charge is -2.45. The van der Waals surface area contributed by atoms with E-state index >= 15 is 0 Å². The van der Waals surface area contributed by atoms with Crippen LogP contribution in [0.1, 0.15) is 11.3 Å². The highest BCUT2D eigenvalue weighted by atomic mass is 32.1. The summed E-state index contributed by atoms with van der Waals surface area (Å²) in [5.74, 6) is 0. The third-order valence-electron chi connectivity index (χ3n) is 3.96. The molecule has 1 saturated heterocycles. The molecule has 0 unspecified atom stereocenters. The van der Waals surface area contributed by atoms with Crippen molar-refractivity contribution in [2.45, 2.75) is 37.2 Å². The van der Waals surface area contributed by atoms with Crippen LogP contribution in [0.4, 0.5) is 0 Å². The average Bonchev–Trinajstić information content (AvgIpc) is 2.96. The first-order valence-corrected chi connectivity index (χ1v) is 7.81. The van der Waals surface area contributed by atoms with Gasteiger partial charge in [-0.25, -0.2) is 0 Å². The number of likely N-dealkylation sites (tertiary alicyclic amines) is 1. The Hall–Kier alpha value is -0.500. The molecule has 3 N–H and O–H groups in total. The minimum atomic E-state index is -0.894. The predicted molar refractivity (Wildman–Crippen MR) is 77.9 cm³/mol. The first-order valence-electron chi connectivity index (χ1n) is 6.93. The van der Waals surface area contributed by atoms with Crippen LogP contribution in [0.5, 0.6) is 0 Å². The minimum absolute atomic E-state index is 0.00158. The third kappa shape index (κ3) is 3.58. The Kier molecular flexibility index (Phi) is 5.95. The molecule has 114 valence electrons. The van der Waals surface area contributed by atoms with Gasteiger partial charge in [-0.1, -0.05) is 6.07 Å². The summed E-state index contributed by atoms with van der Waals surface area (Å²) in [6.45, 7) is 1.36. The van der Waals surface area contributed by atoms with Crippen LogP contribution in [0.2, 0.25) is 0 Å². The molecule has 2 heterocycles. The molecule has 0 saturated carbocycles. The number of hydrogen-bond acceptors (Lipinski definition) is 6. The van der Waals surface area contributed by atoms with Crippen molar-refractivity contribution in [2.75, 3.05) is 26.8 Å². The van der Waals surface area contributed by atoms with Crippen molar-refractivity contribution in [1.29, 1.82) is 0 Å². The average molecular weight is 301 g/mol. The number of methoxy groups -OCH3 is 1. The van der Waals surface area contributed by atoms with Crippen molar-refractivity contribution >= 4 is 11.3 Å². The van der Waals surface area contributed by atoms with Gasteiger partial charge in [0.1, 0.15) is 6.10 Å². The fraction of sp³-hybridized carbons (Fsp3) is 0.714. The Balaban J connectivity index is 2.01. The molecule has 1 aliphatic heterocycles. The van der Waals surface area contributed by atoms with Crippen molar-refractivity contribution in [2.24, 2.45) is 0 Å². The lowest BCUT2D eigenvalue weighted by atomic mass is 9.91. The first-order chi connectivity index (χ1) is 9.67. The zero-order chi connectivity index (χ0) is 14.5. The summed E-state index contributed by atoms with van der Waals surface area (Å²) < 4.78 is 5.26. The van der Waals surface area contributed by atoms with Crippen LogP contribution < -0.4 is 0 Å². The Morgan fingerprint density at radius 2 is 2.20 bits per heavy atom. The summed E-state index contributed by atoms with van der Waals surface area (Å²) in [5, 5.41) is 31.5. The van der Waals surface area contributed by atoms with E-state index in [9.17, 15) is 10.2 Å². The van der Waals surface area contributed by atoms with Crippen LogP contribution in [-0.2, 0) is 11.2 Å². The van der Waals surface area contributed by atoms with Crippen LogP contribution in [0.25, 0.3) is 0 Å². The molecule has 0 aromatic carbocycles. The maximum atomic E-state index is 10.2. The van der Waals surface area contributed by atoms with Crippen molar-refractivity contribution in [3.63, 3.8) is 0 Å². The van der Waals surface area contributed by atoms with Gasteiger partial charge in [-0.05, 0) is 24.3 Å². The zero-order valence-electron chi connectivity index (χ0n) is 11.7. The Morgan fingerprint density at radius 1 is 1.40 bits per heavy atom. The number of thiophene rings is 1. The number of piperidine rings is 1. The Morgan fingerprint density at radius 3 is 2.80 bits per heavy atom. The van der Waals surface area contributed by atoms with E-state index < -0.39 is 12.2 Å². The SMILES string of the molecule is CO[C@H]1CN(CCc2cccs2)[C@H](CCO)[C@@H](O)[C@@H]1O. The highest BCUT2D eigenvalue weighted by Crippen LogP contribution is 2.23. The fourth-order valence-electron chi connectivity index (χ4n) is 2.80. The number of nitrogens with zero attached hydrogens (tertiary/aromatic N) is 1. The molecule has 0 radical (unpaired) electrons.